The van der Waals surface area contributed by atoms with Gasteiger partial charge in [-0.3, -0.25) is 9.59 Å². The molecule has 114 valence electrons. The fraction of sp³-hybridized carbons (Fsp3) is 0.750. The summed E-state index contributed by atoms with van der Waals surface area (Å²) in [5.41, 5.74) is 0. The van der Waals surface area contributed by atoms with Gasteiger partial charge in [-0.2, -0.15) is 0 Å². The number of aliphatic hydroxyl groups is 2. The highest BCUT2D eigenvalue weighted by Crippen LogP contribution is 2.22. The number of unbranched alkanes of at least 4 members (excludes halogenated alkanes) is 1. The number of rotatable bonds is 6. The number of hydrogen-bond acceptors (Lipinski definition) is 7. The van der Waals surface area contributed by atoms with Crippen molar-refractivity contribution in [2.75, 3.05) is 7.11 Å². The van der Waals surface area contributed by atoms with Crippen LogP contribution in [0.25, 0.3) is 0 Å². The van der Waals surface area contributed by atoms with Crippen molar-refractivity contribution in [3.05, 3.63) is 0 Å². The fourth-order valence-electron chi connectivity index (χ4n) is 1.98. The molecule has 0 aromatic rings. The van der Waals surface area contributed by atoms with Crippen molar-refractivity contribution in [1.29, 1.82) is 0 Å². The van der Waals surface area contributed by atoms with Gasteiger partial charge in [0.25, 0.3) is 0 Å². The molecule has 0 saturated carbocycles. The molecule has 1 saturated heterocycles. The number of carboxylic acids is 1. The number of methoxy groups -OCH3 is 1. The quantitative estimate of drug-likeness (QED) is 0.318. The van der Waals surface area contributed by atoms with Gasteiger partial charge in [0, 0.05) is 6.42 Å². The largest absolute Gasteiger partial charge is 0.479 e. The van der Waals surface area contributed by atoms with E-state index < -0.39 is 36.2 Å². The van der Waals surface area contributed by atoms with E-state index in [0.717, 1.165) is 0 Å². The van der Waals surface area contributed by atoms with Crippen molar-refractivity contribution >= 4 is 17.7 Å². The number of ketones is 1. The molecule has 20 heavy (non-hydrogen) atoms. The third-order valence-electron chi connectivity index (χ3n) is 3.14. The number of carbonyl (C=O) groups is 3. The Morgan fingerprint density at radius 1 is 1.30 bits per heavy atom. The van der Waals surface area contributed by atoms with Gasteiger partial charge in [-0.15, -0.1) is 0 Å². The number of ether oxygens (including phenoxy) is 2. The predicted octanol–water partition coefficient (Wildman–Crippen LogP) is -1.14. The number of aliphatic carboxylic acids is 1. The molecule has 0 amide bonds. The highest BCUT2D eigenvalue weighted by atomic mass is 16.5. The monoisotopic (exact) mass is 290 g/mol. The first-order valence-electron chi connectivity index (χ1n) is 6.23. The van der Waals surface area contributed by atoms with Crippen LogP contribution in [0.15, 0.2) is 0 Å². The van der Waals surface area contributed by atoms with Crippen LogP contribution in [-0.2, 0) is 23.9 Å². The lowest BCUT2D eigenvalue weighted by molar-refractivity contribution is -0.193. The van der Waals surface area contributed by atoms with Crippen molar-refractivity contribution < 1.29 is 39.2 Å². The molecule has 0 aromatic heterocycles. The highest BCUT2D eigenvalue weighted by molar-refractivity contribution is 6.04. The van der Waals surface area contributed by atoms with E-state index in [1.54, 1.807) is 0 Å². The van der Waals surface area contributed by atoms with E-state index in [1.165, 1.54) is 7.11 Å². The Labute approximate surface area is 115 Å². The van der Waals surface area contributed by atoms with Gasteiger partial charge in [-0.05, 0) is 12.8 Å². The Bertz CT molecular complexity index is 380. The van der Waals surface area contributed by atoms with Gasteiger partial charge in [-0.1, -0.05) is 6.42 Å². The standard InChI is InChI=1S/C12H18O8/c1-19-7(13)5-3-2-4-6-8(14)9(15)10(16)11(20-6)12(17)18/h6,8-9,11,14-15H,2-5H2,1H3,(H,17,18). The third kappa shape index (κ3) is 3.99. The summed E-state index contributed by atoms with van der Waals surface area (Å²) in [6.45, 7) is 0. The fourth-order valence-corrected chi connectivity index (χ4v) is 1.98. The van der Waals surface area contributed by atoms with Crippen molar-refractivity contribution in [1.82, 2.24) is 0 Å². The Kier molecular flexibility index (Phi) is 6.05. The molecule has 8 heteroatoms. The summed E-state index contributed by atoms with van der Waals surface area (Å²) in [6, 6.07) is 0. The Balaban J connectivity index is 2.50. The summed E-state index contributed by atoms with van der Waals surface area (Å²) in [5, 5.41) is 28.0. The van der Waals surface area contributed by atoms with Crippen molar-refractivity contribution in [2.24, 2.45) is 0 Å². The molecule has 4 unspecified atom stereocenters. The van der Waals surface area contributed by atoms with E-state index in [2.05, 4.69) is 4.74 Å². The minimum Gasteiger partial charge on any atom is -0.479 e. The molecule has 3 N–H and O–H groups in total. The van der Waals surface area contributed by atoms with Crippen molar-refractivity contribution in [3.8, 4) is 0 Å². The highest BCUT2D eigenvalue weighted by Gasteiger charge is 2.46. The lowest BCUT2D eigenvalue weighted by Crippen LogP contribution is -2.57. The average molecular weight is 290 g/mol. The van der Waals surface area contributed by atoms with Crippen LogP contribution in [0.2, 0.25) is 0 Å². The Morgan fingerprint density at radius 3 is 2.50 bits per heavy atom. The van der Waals surface area contributed by atoms with Gasteiger partial charge >= 0.3 is 11.9 Å². The molecule has 0 spiro atoms. The van der Waals surface area contributed by atoms with Crippen LogP contribution in [0.5, 0.6) is 0 Å². The Hall–Kier alpha value is -1.51. The van der Waals surface area contributed by atoms with E-state index in [9.17, 15) is 24.6 Å². The second-order valence-electron chi connectivity index (χ2n) is 4.55. The lowest BCUT2D eigenvalue weighted by atomic mass is 9.93. The number of carbonyl (C=O) groups excluding carboxylic acids is 2. The second kappa shape index (κ2) is 7.32. The molecule has 4 atom stereocenters. The van der Waals surface area contributed by atoms with Gasteiger partial charge in [0.15, 0.2) is 0 Å². The average Bonchev–Trinajstić information content (AvgIpc) is 2.42. The molecule has 0 aliphatic carbocycles. The molecule has 1 rings (SSSR count). The maximum atomic E-state index is 11.4. The van der Waals surface area contributed by atoms with Crippen LogP contribution in [0.3, 0.4) is 0 Å². The zero-order valence-corrected chi connectivity index (χ0v) is 11.0. The molecular formula is C12H18O8. The molecule has 1 fully saturated rings. The van der Waals surface area contributed by atoms with Crippen LogP contribution in [0.4, 0.5) is 0 Å². The van der Waals surface area contributed by atoms with Crippen LogP contribution in [0.1, 0.15) is 25.7 Å². The van der Waals surface area contributed by atoms with Crippen LogP contribution >= 0.6 is 0 Å². The van der Waals surface area contributed by atoms with Gasteiger partial charge in [0.05, 0.1) is 13.2 Å². The van der Waals surface area contributed by atoms with Crippen LogP contribution in [0, 0.1) is 0 Å². The summed E-state index contributed by atoms with van der Waals surface area (Å²) in [5.74, 6) is -2.93. The lowest BCUT2D eigenvalue weighted by Gasteiger charge is -2.34. The summed E-state index contributed by atoms with van der Waals surface area (Å²) in [4.78, 5) is 33.1. The first-order valence-corrected chi connectivity index (χ1v) is 6.23. The minimum absolute atomic E-state index is 0.198. The molecule has 1 heterocycles. The molecule has 1 aliphatic heterocycles. The number of aliphatic hydroxyl groups excluding tert-OH is 2. The second-order valence-corrected chi connectivity index (χ2v) is 4.55. The zero-order valence-electron chi connectivity index (χ0n) is 11.0. The Morgan fingerprint density at radius 2 is 1.95 bits per heavy atom. The molecule has 8 nitrogen and oxygen atoms in total. The van der Waals surface area contributed by atoms with Crippen LogP contribution in [-0.4, -0.2) is 64.6 Å². The number of hydrogen-bond donors (Lipinski definition) is 3. The predicted molar refractivity (Wildman–Crippen MR) is 63.8 cm³/mol. The first kappa shape index (κ1) is 16.5. The van der Waals surface area contributed by atoms with Gasteiger partial charge < -0.3 is 24.8 Å². The van der Waals surface area contributed by atoms with Gasteiger partial charge in [-0.25, -0.2) is 4.79 Å². The maximum Gasteiger partial charge on any atom is 0.340 e. The topological polar surface area (TPSA) is 130 Å². The van der Waals surface area contributed by atoms with Crippen LogP contribution < -0.4 is 0 Å². The SMILES string of the molecule is COC(=O)CCCCC1OC(C(=O)O)C(=O)C(O)C1O. The minimum atomic E-state index is -1.77. The van der Waals surface area contributed by atoms with E-state index >= 15 is 0 Å². The van der Waals surface area contributed by atoms with Gasteiger partial charge in [0.2, 0.25) is 11.9 Å². The summed E-state index contributed by atoms with van der Waals surface area (Å²) < 4.78 is 9.46. The normalized spacial score (nSPS) is 30.1. The smallest absolute Gasteiger partial charge is 0.340 e. The zero-order chi connectivity index (χ0) is 15.3. The number of Topliss-reactive ketones (excluding diaryl/α,β-unsaturated/α-hetero) is 1. The first-order chi connectivity index (χ1) is 9.38. The van der Waals surface area contributed by atoms with E-state index in [4.69, 9.17) is 9.84 Å². The molecule has 0 aromatic carbocycles. The number of carboxylic acid groups (broad SMARTS) is 1. The molecule has 0 bridgehead atoms. The molecule has 1 aliphatic rings. The number of esters is 1. The molecular weight excluding hydrogens is 272 g/mol. The van der Waals surface area contributed by atoms with Crippen molar-refractivity contribution in [2.45, 2.75) is 50.1 Å². The summed E-state index contributed by atoms with van der Waals surface area (Å²) in [7, 11) is 1.27. The van der Waals surface area contributed by atoms with Crippen molar-refractivity contribution in [3.63, 3.8) is 0 Å². The summed E-state index contributed by atoms with van der Waals surface area (Å²) in [6.07, 6.45) is -4.59. The van der Waals surface area contributed by atoms with Gasteiger partial charge in [0.1, 0.15) is 12.2 Å². The maximum absolute atomic E-state index is 11.4. The third-order valence-corrected chi connectivity index (χ3v) is 3.14. The summed E-state index contributed by atoms with van der Waals surface area (Å²) >= 11 is 0. The molecule has 0 radical (unpaired) electrons. The van der Waals surface area contributed by atoms with E-state index in [1.807, 2.05) is 0 Å². The van der Waals surface area contributed by atoms with E-state index in [-0.39, 0.29) is 18.8 Å². The van der Waals surface area contributed by atoms with E-state index in [0.29, 0.717) is 12.8 Å².